The van der Waals surface area contributed by atoms with E-state index in [-0.39, 0.29) is 0 Å². The van der Waals surface area contributed by atoms with Crippen LogP contribution >= 0.6 is 22.9 Å². The number of ether oxygens (including phenoxy) is 2. The molecule has 2 aromatic rings. The third kappa shape index (κ3) is 4.59. The molecule has 110 valence electrons. The molecule has 2 rings (SSSR count). The second kappa shape index (κ2) is 8.42. The van der Waals surface area contributed by atoms with Gasteiger partial charge in [-0.2, -0.15) is 0 Å². The molecule has 1 aromatic heterocycles. The summed E-state index contributed by atoms with van der Waals surface area (Å²) in [5, 5.41) is 5.02. The number of aromatic nitrogens is 1. The van der Waals surface area contributed by atoms with Gasteiger partial charge in [0.25, 0.3) is 0 Å². The highest BCUT2D eigenvalue weighted by atomic mass is 35.5. The molecule has 1 aromatic carbocycles. The molecule has 0 unspecified atom stereocenters. The van der Waals surface area contributed by atoms with Gasteiger partial charge in [-0.05, 0) is 25.0 Å². The van der Waals surface area contributed by atoms with E-state index in [0.29, 0.717) is 13.2 Å². The van der Waals surface area contributed by atoms with Crippen LogP contribution in [0.3, 0.4) is 0 Å². The molecule has 0 fully saturated rings. The average Bonchev–Trinajstić information content (AvgIpc) is 2.86. The van der Waals surface area contributed by atoms with Crippen molar-refractivity contribution in [1.29, 1.82) is 0 Å². The van der Waals surface area contributed by atoms with Crippen LogP contribution < -0.4 is 5.32 Å². The maximum absolute atomic E-state index is 6.13. The van der Waals surface area contributed by atoms with E-state index < -0.39 is 0 Å². The lowest BCUT2D eigenvalue weighted by atomic mass is 10.3. The molecular weight excluding hydrogens is 296 g/mol. The summed E-state index contributed by atoms with van der Waals surface area (Å²) >= 11 is 7.73. The van der Waals surface area contributed by atoms with Crippen molar-refractivity contribution in [3.05, 3.63) is 23.2 Å². The van der Waals surface area contributed by atoms with Crippen molar-refractivity contribution in [1.82, 2.24) is 4.98 Å². The Labute approximate surface area is 128 Å². The summed E-state index contributed by atoms with van der Waals surface area (Å²) in [5.41, 5.74) is 0.952. The molecule has 4 nitrogen and oxygen atoms in total. The minimum absolute atomic E-state index is 0.657. The van der Waals surface area contributed by atoms with Gasteiger partial charge in [-0.25, -0.2) is 4.98 Å². The number of hydrogen-bond acceptors (Lipinski definition) is 5. The Morgan fingerprint density at radius 2 is 2.15 bits per heavy atom. The first-order chi connectivity index (χ1) is 9.81. The zero-order chi connectivity index (χ0) is 14.2. The lowest BCUT2D eigenvalue weighted by Crippen LogP contribution is -2.06. The molecule has 1 N–H and O–H groups in total. The van der Waals surface area contributed by atoms with Gasteiger partial charge < -0.3 is 14.8 Å². The number of thiazole rings is 1. The van der Waals surface area contributed by atoms with E-state index in [2.05, 4.69) is 10.3 Å². The summed E-state index contributed by atoms with van der Waals surface area (Å²) in [6, 6.07) is 5.79. The number of rotatable bonds is 9. The summed E-state index contributed by atoms with van der Waals surface area (Å²) in [4.78, 5) is 4.51. The fourth-order valence-corrected chi connectivity index (χ4v) is 2.94. The molecule has 0 aliphatic heterocycles. The predicted octanol–water partition coefficient (Wildman–Crippen LogP) is 3.80. The first kappa shape index (κ1) is 15.5. The number of unbranched alkanes of at least 4 members (excludes halogenated alkanes) is 1. The number of nitrogens with one attached hydrogen (secondary N) is 1. The van der Waals surface area contributed by atoms with Gasteiger partial charge >= 0.3 is 0 Å². The second-order valence-corrected chi connectivity index (χ2v) is 5.75. The number of halogens is 1. The zero-order valence-electron chi connectivity index (χ0n) is 11.5. The van der Waals surface area contributed by atoms with Gasteiger partial charge in [0.2, 0.25) is 0 Å². The minimum Gasteiger partial charge on any atom is -0.382 e. The molecule has 0 saturated carbocycles. The van der Waals surface area contributed by atoms with Crippen molar-refractivity contribution in [3.63, 3.8) is 0 Å². The fourth-order valence-electron chi connectivity index (χ4n) is 1.76. The first-order valence-electron chi connectivity index (χ1n) is 6.67. The molecule has 1 heterocycles. The molecule has 0 atom stereocenters. The summed E-state index contributed by atoms with van der Waals surface area (Å²) in [7, 11) is 1.68. The minimum atomic E-state index is 0.657. The first-order valence-corrected chi connectivity index (χ1v) is 7.86. The standard InChI is InChI=1S/C14H19ClN2O2S/c1-18-9-10-19-8-3-2-7-16-14-17-12-6-4-5-11(15)13(12)20-14/h4-6H,2-3,7-10H2,1H3,(H,16,17). The van der Waals surface area contributed by atoms with Gasteiger partial charge in [-0.3, -0.25) is 0 Å². The highest BCUT2D eigenvalue weighted by Crippen LogP contribution is 2.31. The molecule has 20 heavy (non-hydrogen) atoms. The van der Waals surface area contributed by atoms with Crippen LogP contribution in [0.4, 0.5) is 5.13 Å². The Kier molecular flexibility index (Phi) is 6.53. The van der Waals surface area contributed by atoms with E-state index in [9.17, 15) is 0 Å². The van der Waals surface area contributed by atoms with Crippen LogP contribution in [0.1, 0.15) is 12.8 Å². The van der Waals surface area contributed by atoms with Crippen LogP contribution in [0.5, 0.6) is 0 Å². The molecule has 0 aliphatic rings. The lowest BCUT2D eigenvalue weighted by molar-refractivity contribution is 0.0691. The van der Waals surface area contributed by atoms with E-state index >= 15 is 0 Å². The van der Waals surface area contributed by atoms with Crippen molar-refractivity contribution in [2.24, 2.45) is 0 Å². The summed E-state index contributed by atoms with van der Waals surface area (Å²) < 4.78 is 11.4. The van der Waals surface area contributed by atoms with Crippen molar-refractivity contribution < 1.29 is 9.47 Å². The molecule has 0 radical (unpaired) electrons. The monoisotopic (exact) mass is 314 g/mol. The highest BCUT2D eigenvalue weighted by Gasteiger charge is 2.05. The van der Waals surface area contributed by atoms with Crippen LogP contribution in [0.15, 0.2) is 18.2 Å². The van der Waals surface area contributed by atoms with Gasteiger partial charge in [0.1, 0.15) is 0 Å². The Hall–Kier alpha value is -0.880. The van der Waals surface area contributed by atoms with Crippen LogP contribution in [0, 0.1) is 0 Å². The number of methoxy groups -OCH3 is 1. The van der Waals surface area contributed by atoms with E-state index in [0.717, 1.165) is 46.4 Å². The van der Waals surface area contributed by atoms with Crippen molar-refractivity contribution in [2.45, 2.75) is 12.8 Å². The zero-order valence-corrected chi connectivity index (χ0v) is 13.1. The number of hydrogen-bond donors (Lipinski definition) is 1. The topological polar surface area (TPSA) is 43.4 Å². The van der Waals surface area contributed by atoms with Gasteiger partial charge in [0, 0.05) is 20.3 Å². The Morgan fingerprint density at radius 1 is 1.25 bits per heavy atom. The van der Waals surface area contributed by atoms with Crippen LogP contribution in [0.25, 0.3) is 10.2 Å². The van der Waals surface area contributed by atoms with E-state index in [1.54, 1.807) is 18.4 Å². The van der Waals surface area contributed by atoms with E-state index in [1.807, 2.05) is 18.2 Å². The molecule has 6 heteroatoms. The number of benzene rings is 1. The van der Waals surface area contributed by atoms with Gasteiger partial charge in [0.05, 0.1) is 28.5 Å². The number of anilines is 1. The smallest absolute Gasteiger partial charge is 0.183 e. The molecule has 0 bridgehead atoms. The molecule has 0 spiro atoms. The molecular formula is C14H19ClN2O2S. The van der Waals surface area contributed by atoms with Crippen LogP contribution in [-0.2, 0) is 9.47 Å². The lowest BCUT2D eigenvalue weighted by Gasteiger charge is -2.04. The second-order valence-electron chi connectivity index (χ2n) is 4.35. The van der Waals surface area contributed by atoms with Crippen LogP contribution in [-0.4, -0.2) is 38.5 Å². The Morgan fingerprint density at radius 3 is 2.95 bits per heavy atom. The summed E-state index contributed by atoms with van der Waals surface area (Å²) in [6.45, 7) is 2.99. The largest absolute Gasteiger partial charge is 0.382 e. The van der Waals surface area contributed by atoms with Crippen LogP contribution in [0.2, 0.25) is 5.02 Å². The maximum atomic E-state index is 6.13. The average molecular weight is 315 g/mol. The SMILES string of the molecule is COCCOCCCCNc1nc2cccc(Cl)c2s1. The Bertz CT molecular complexity index is 533. The predicted molar refractivity (Wildman–Crippen MR) is 85.0 cm³/mol. The number of fused-ring (bicyclic) bond motifs is 1. The third-order valence-electron chi connectivity index (χ3n) is 2.79. The third-order valence-corrected chi connectivity index (χ3v) is 4.28. The maximum Gasteiger partial charge on any atom is 0.183 e. The van der Waals surface area contributed by atoms with E-state index in [4.69, 9.17) is 21.1 Å². The van der Waals surface area contributed by atoms with E-state index in [1.165, 1.54) is 0 Å². The van der Waals surface area contributed by atoms with Gasteiger partial charge in [0.15, 0.2) is 5.13 Å². The quantitative estimate of drug-likeness (QED) is 0.715. The van der Waals surface area contributed by atoms with Crippen molar-refractivity contribution in [3.8, 4) is 0 Å². The molecule has 0 saturated heterocycles. The fraction of sp³-hybridized carbons (Fsp3) is 0.500. The highest BCUT2D eigenvalue weighted by molar-refractivity contribution is 7.22. The van der Waals surface area contributed by atoms with Crippen molar-refractivity contribution >= 4 is 38.3 Å². The normalized spacial score (nSPS) is 11.1. The Balaban J connectivity index is 1.67. The molecule has 0 aliphatic carbocycles. The summed E-state index contributed by atoms with van der Waals surface area (Å²) in [6.07, 6.45) is 2.08. The summed E-state index contributed by atoms with van der Waals surface area (Å²) in [5.74, 6) is 0. The molecule has 0 amide bonds. The number of nitrogens with zero attached hydrogens (tertiary/aromatic N) is 1. The van der Waals surface area contributed by atoms with Gasteiger partial charge in [-0.15, -0.1) is 0 Å². The van der Waals surface area contributed by atoms with Crippen molar-refractivity contribution in [2.75, 3.05) is 38.8 Å². The van der Waals surface area contributed by atoms with Gasteiger partial charge in [-0.1, -0.05) is 29.0 Å².